The second-order valence-electron chi connectivity index (χ2n) is 16.0. The van der Waals surface area contributed by atoms with Crippen molar-refractivity contribution in [2.45, 2.75) is 0 Å². The molecule has 0 amide bonds. The predicted molar refractivity (Wildman–Crippen MR) is 269 cm³/mol. The highest BCUT2D eigenvalue weighted by Gasteiger charge is 2.21. The molecule has 0 bridgehead atoms. The van der Waals surface area contributed by atoms with E-state index >= 15 is 0 Å². The van der Waals surface area contributed by atoms with Crippen molar-refractivity contribution in [2.24, 2.45) is 0 Å². The van der Waals surface area contributed by atoms with Crippen LogP contribution in [-0.4, -0.2) is 0 Å². The van der Waals surface area contributed by atoms with Crippen LogP contribution < -0.4 is 4.90 Å². The lowest BCUT2D eigenvalue weighted by molar-refractivity contribution is 1.28. The molecule has 0 aliphatic heterocycles. The molecule has 0 saturated heterocycles. The fourth-order valence-corrected chi connectivity index (χ4v) is 9.34. The van der Waals surface area contributed by atoms with Crippen molar-refractivity contribution in [1.82, 2.24) is 0 Å². The number of fused-ring (bicyclic) bond motifs is 3. The second-order valence-corrected chi connectivity index (χ2v) is 16.0. The first-order valence-corrected chi connectivity index (χ1v) is 21.7. The Labute approximate surface area is 369 Å². The van der Waals surface area contributed by atoms with Gasteiger partial charge in [0.15, 0.2) is 0 Å². The zero-order chi connectivity index (χ0) is 42.0. The first-order valence-electron chi connectivity index (χ1n) is 21.7. The minimum atomic E-state index is 1.08. The number of hydrogen-bond donors (Lipinski definition) is 0. The van der Waals surface area contributed by atoms with E-state index in [4.69, 9.17) is 0 Å². The number of para-hydroxylation sites is 1. The maximum Gasteiger partial charge on any atom is 0.0540 e. The van der Waals surface area contributed by atoms with E-state index in [1.54, 1.807) is 0 Å². The van der Waals surface area contributed by atoms with Gasteiger partial charge >= 0.3 is 0 Å². The minimum Gasteiger partial charge on any atom is -0.310 e. The maximum atomic E-state index is 2.42. The van der Waals surface area contributed by atoms with E-state index in [9.17, 15) is 0 Å². The highest BCUT2D eigenvalue weighted by Crippen LogP contribution is 2.46. The quantitative estimate of drug-likeness (QED) is 0.131. The van der Waals surface area contributed by atoms with Crippen molar-refractivity contribution in [2.75, 3.05) is 4.90 Å². The van der Waals surface area contributed by atoms with Crippen LogP contribution in [0.4, 0.5) is 17.1 Å². The molecule has 0 spiro atoms. The van der Waals surface area contributed by atoms with Crippen LogP contribution in [0, 0.1) is 0 Å². The van der Waals surface area contributed by atoms with Crippen molar-refractivity contribution in [3.05, 3.63) is 261 Å². The topological polar surface area (TPSA) is 3.24 Å². The maximum absolute atomic E-state index is 2.42. The molecule has 0 saturated carbocycles. The van der Waals surface area contributed by atoms with Crippen LogP contribution in [0.3, 0.4) is 0 Å². The molecule has 11 aromatic carbocycles. The fourth-order valence-electron chi connectivity index (χ4n) is 9.34. The lowest BCUT2D eigenvalue weighted by Crippen LogP contribution is -2.11. The largest absolute Gasteiger partial charge is 0.310 e. The van der Waals surface area contributed by atoms with Crippen LogP contribution in [0.2, 0.25) is 0 Å². The van der Waals surface area contributed by atoms with E-state index in [0.717, 1.165) is 22.6 Å². The van der Waals surface area contributed by atoms with Crippen molar-refractivity contribution in [3.63, 3.8) is 0 Å². The Morgan fingerprint density at radius 1 is 0.206 bits per heavy atom. The zero-order valence-corrected chi connectivity index (χ0v) is 34.8. The van der Waals surface area contributed by atoms with Crippen LogP contribution in [0.5, 0.6) is 0 Å². The molecular weight excluding hydrogens is 759 g/mol. The van der Waals surface area contributed by atoms with Gasteiger partial charge in [-0.1, -0.05) is 224 Å². The summed E-state index contributed by atoms with van der Waals surface area (Å²) >= 11 is 0. The van der Waals surface area contributed by atoms with Gasteiger partial charge in [0.25, 0.3) is 0 Å². The first-order chi connectivity index (χ1) is 31.3. The Bertz CT molecular complexity index is 3370. The van der Waals surface area contributed by atoms with E-state index < -0.39 is 0 Å². The molecule has 1 nitrogen and oxygen atoms in total. The molecule has 11 rings (SSSR count). The monoisotopic (exact) mass is 801 g/mol. The Balaban J connectivity index is 1.07. The van der Waals surface area contributed by atoms with E-state index in [-0.39, 0.29) is 0 Å². The van der Waals surface area contributed by atoms with E-state index in [2.05, 4.69) is 266 Å². The lowest BCUT2D eigenvalue weighted by Gasteiger charge is -2.29. The Hall–Kier alpha value is -8.26. The summed E-state index contributed by atoms with van der Waals surface area (Å²) in [4.78, 5) is 2.42. The summed E-state index contributed by atoms with van der Waals surface area (Å²) in [5.41, 5.74) is 17.6. The predicted octanol–water partition coefficient (Wildman–Crippen LogP) is 17.5. The summed E-state index contributed by atoms with van der Waals surface area (Å²) in [5, 5.41) is 5.04. The van der Waals surface area contributed by atoms with Crippen LogP contribution in [0.25, 0.3) is 88.3 Å². The Kier molecular flexibility index (Phi) is 9.97. The SMILES string of the molecule is c1ccc(-c2ccccc2-c2ccc(N(c3ccc(-c4cc5ccccc5c5ccccc45)cc3)c3ccccc3-c3ccccc3-c3ccccc3-c3ccccc3)cc2)cc1. The second kappa shape index (κ2) is 16.7. The fraction of sp³-hybridized carbons (Fsp3) is 0. The molecule has 63 heavy (non-hydrogen) atoms. The van der Waals surface area contributed by atoms with Crippen molar-refractivity contribution < 1.29 is 0 Å². The number of hydrogen-bond acceptors (Lipinski definition) is 1. The summed E-state index contributed by atoms with van der Waals surface area (Å²) in [7, 11) is 0. The molecule has 1 heteroatoms. The molecule has 11 aromatic rings. The lowest BCUT2D eigenvalue weighted by atomic mass is 9.88. The molecule has 296 valence electrons. The van der Waals surface area contributed by atoms with E-state index in [0.29, 0.717) is 0 Å². The number of nitrogens with zero attached hydrogens (tertiary/aromatic N) is 1. The third-order valence-electron chi connectivity index (χ3n) is 12.3. The summed E-state index contributed by atoms with van der Waals surface area (Å²) in [6, 6.07) is 94.6. The van der Waals surface area contributed by atoms with Crippen LogP contribution in [0.1, 0.15) is 0 Å². The van der Waals surface area contributed by atoms with Gasteiger partial charge in [0, 0.05) is 16.9 Å². The average Bonchev–Trinajstić information content (AvgIpc) is 3.37. The van der Waals surface area contributed by atoms with Crippen LogP contribution in [-0.2, 0) is 0 Å². The Morgan fingerprint density at radius 3 is 1.11 bits per heavy atom. The van der Waals surface area contributed by atoms with Gasteiger partial charge in [-0.05, 0) is 119 Å². The molecule has 0 fully saturated rings. The van der Waals surface area contributed by atoms with Crippen molar-refractivity contribution in [1.29, 1.82) is 0 Å². The van der Waals surface area contributed by atoms with Gasteiger partial charge in [-0.2, -0.15) is 0 Å². The average molecular weight is 802 g/mol. The minimum absolute atomic E-state index is 1.08. The summed E-state index contributed by atoms with van der Waals surface area (Å²) in [6.07, 6.45) is 0. The van der Waals surface area contributed by atoms with Gasteiger partial charge in [-0.25, -0.2) is 0 Å². The number of anilines is 3. The van der Waals surface area contributed by atoms with Crippen LogP contribution in [0.15, 0.2) is 261 Å². The number of rotatable bonds is 9. The standard InChI is InChI=1S/C62H43N/c1-3-19-44(20-4-1)51-24-9-10-25-52(51)46-35-39-49(40-36-46)63(50-41-37-47(38-42-50)61-43-48-23-7-8-27-54(48)56-29-13-16-32-59(56)61)62-34-18-17-33-60(62)58-31-15-14-30-57(58)55-28-12-11-26-53(55)45-21-5-2-6-22-45/h1-43H. The van der Waals surface area contributed by atoms with Crippen molar-refractivity contribution >= 4 is 38.6 Å². The summed E-state index contributed by atoms with van der Waals surface area (Å²) in [6.45, 7) is 0. The molecule has 0 aliphatic carbocycles. The smallest absolute Gasteiger partial charge is 0.0540 e. The zero-order valence-electron chi connectivity index (χ0n) is 34.8. The Morgan fingerprint density at radius 2 is 0.556 bits per heavy atom. The van der Waals surface area contributed by atoms with Gasteiger partial charge in [-0.15, -0.1) is 0 Å². The normalized spacial score (nSPS) is 11.2. The number of benzene rings is 11. The molecule has 0 atom stereocenters. The molecule has 0 aromatic heterocycles. The van der Waals surface area contributed by atoms with E-state index in [1.165, 1.54) is 82.7 Å². The summed E-state index contributed by atoms with van der Waals surface area (Å²) < 4.78 is 0. The van der Waals surface area contributed by atoms with Gasteiger partial charge < -0.3 is 4.90 Å². The van der Waals surface area contributed by atoms with Crippen LogP contribution >= 0.6 is 0 Å². The first kappa shape index (κ1) is 37.7. The van der Waals surface area contributed by atoms with Gasteiger partial charge in [-0.3, -0.25) is 0 Å². The highest BCUT2D eigenvalue weighted by molar-refractivity contribution is 6.14. The highest BCUT2D eigenvalue weighted by atomic mass is 15.1. The van der Waals surface area contributed by atoms with E-state index in [1.807, 2.05) is 0 Å². The molecule has 0 heterocycles. The molecular formula is C62H43N. The summed E-state index contributed by atoms with van der Waals surface area (Å²) in [5.74, 6) is 0. The molecule has 0 radical (unpaired) electrons. The molecule has 0 unspecified atom stereocenters. The third-order valence-corrected chi connectivity index (χ3v) is 12.3. The third kappa shape index (κ3) is 7.16. The molecule has 0 aliphatic rings. The van der Waals surface area contributed by atoms with Crippen molar-refractivity contribution in [3.8, 4) is 66.8 Å². The van der Waals surface area contributed by atoms with Gasteiger partial charge in [0.1, 0.15) is 0 Å². The van der Waals surface area contributed by atoms with Gasteiger partial charge in [0.2, 0.25) is 0 Å². The molecule has 0 N–H and O–H groups in total. The van der Waals surface area contributed by atoms with Gasteiger partial charge in [0.05, 0.1) is 5.69 Å².